The van der Waals surface area contributed by atoms with Gasteiger partial charge < -0.3 is 5.11 Å². The molecule has 1 aliphatic heterocycles. The first kappa shape index (κ1) is 12.3. The van der Waals surface area contributed by atoms with Gasteiger partial charge >= 0.3 is 5.97 Å². The fraction of sp³-hybridized carbons (Fsp3) is 0.600. The molecule has 1 aromatic rings. The number of hydrogen-bond acceptors (Lipinski definition) is 5. The van der Waals surface area contributed by atoms with Crippen molar-refractivity contribution in [3.8, 4) is 0 Å². The summed E-state index contributed by atoms with van der Waals surface area (Å²) in [7, 11) is 0. The van der Waals surface area contributed by atoms with Gasteiger partial charge in [-0.25, -0.2) is 4.98 Å². The lowest BCUT2D eigenvalue weighted by atomic mass is 10.3. The van der Waals surface area contributed by atoms with Gasteiger partial charge in [-0.3, -0.25) is 4.79 Å². The lowest BCUT2D eigenvalue weighted by Crippen LogP contribution is -2.05. The molecule has 0 amide bonds. The number of aromatic nitrogens is 1. The van der Waals surface area contributed by atoms with Crippen molar-refractivity contribution in [1.29, 1.82) is 0 Å². The molecule has 1 saturated heterocycles. The Morgan fingerprint density at radius 3 is 3.00 bits per heavy atom. The van der Waals surface area contributed by atoms with Crippen LogP contribution in [0.15, 0.2) is 0 Å². The molecule has 1 unspecified atom stereocenters. The van der Waals surface area contributed by atoms with Gasteiger partial charge in [0, 0.05) is 22.1 Å². The fourth-order valence-electron chi connectivity index (χ4n) is 1.52. The predicted molar refractivity (Wildman–Crippen MR) is 70.7 cm³/mol. The average Bonchev–Trinajstić information content (AvgIpc) is 2.61. The summed E-state index contributed by atoms with van der Waals surface area (Å²) in [5, 5.41) is 10.3. The first-order chi connectivity index (χ1) is 7.66. The smallest absolute Gasteiger partial charge is 0.308 e. The molecule has 88 valence electrons. The van der Waals surface area contributed by atoms with E-state index in [-0.39, 0.29) is 6.42 Å². The summed E-state index contributed by atoms with van der Waals surface area (Å²) < 4.78 is 0. The molecule has 6 heteroatoms. The van der Waals surface area contributed by atoms with Crippen LogP contribution in [0.5, 0.6) is 0 Å². The quantitative estimate of drug-likeness (QED) is 0.919. The zero-order valence-corrected chi connectivity index (χ0v) is 11.4. The van der Waals surface area contributed by atoms with Crippen LogP contribution in [-0.2, 0) is 11.2 Å². The van der Waals surface area contributed by atoms with E-state index in [1.165, 1.54) is 11.5 Å². The molecule has 0 spiro atoms. The molecule has 16 heavy (non-hydrogen) atoms. The minimum atomic E-state index is -0.774. The van der Waals surface area contributed by atoms with E-state index in [1.807, 2.05) is 30.4 Å². The van der Waals surface area contributed by atoms with E-state index in [2.05, 4.69) is 4.98 Å². The molecule has 3 nitrogen and oxygen atoms in total. The number of thiazole rings is 1. The van der Waals surface area contributed by atoms with Gasteiger partial charge in [-0.2, -0.15) is 11.8 Å². The van der Waals surface area contributed by atoms with Gasteiger partial charge in [0.15, 0.2) is 0 Å². The van der Waals surface area contributed by atoms with Gasteiger partial charge in [0.2, 0.25) is 0 Å². The standard InChI is InChI=1S/C10H13NO2S3/c1-6-7(4-9(12)13)16-10(11-6)8-5-14-2-3-15-8/h8H,2-5H2,1H3,(H,12,13). The lowest BCUT2D eigenvalue weighted by Gasteiger charge is -2.18. The number of thioether (sulfide) groups is 2. The number of aliphatic carboxylic acids is 1. The molecule has 0 aliphatic carbocycles. The largest absolute Gasteiger partial charge is 0.481 e. The maximum absolute atomic E-state index is 10.7. The maximum atomic E-state index is 10.7. The van der Waals surface area contributed by atoms with Crippen molar-refractivity contribution in [1.82, 2.24) is 4.98 Å². The number of nitrogens with zero attached hydrogens (tertiary/aromatic N) is 1. The molecule has 1 fully saturated rings. The monoisotopic (exact) mass is 275 g/mol. The first-order valence-corrected chi connectivity index (χ1v) is 8.06. The number of rotatable bonds is 3. The van der Waals surface area contributed by atoms with Crippen LogP contribution in [0.4, 0.5) is 0 Å². The second-order valence-electron chi connectivity index (χ2n) is 3.57. The van der Waals surface area contributed by atoms with Gasteiger partial charge in [0.25, 0.3) is 0 Å². The van der Waals surface area contributed by atoms with E-state index in [0.717, 1.165) is 21.3 Å². The Hall–Kier alpha value is -0.200. The molecule has 2 rings (SSSR count). The summed E-state index contributed by atoms with van der Waals surface area (Å²) in [5.74, 6) is 2.71. The molecular weight excluding hydrogens is 262 g/mol. The van der Waals surface area contributed by atoms with Crippen molar-refractivity contribution in [3.63, 3.8) is 0 Å². The zero-order chi connectivity index (χ0) is 11.5. The second-order valence-corrected chi connectivity index (χ2v) is 7.14. The van der Waals surface area contributed by atoms with E-state index < -0.39 is 5.97 Å². The molecule has 1 atom stereocenters. The van der Waals surface area contributed by atoms with E-state index in [1.54, 1.807) is 11.3 Å². The highest BCUT2D eigenvalue weighted by Crippen LogP contribution is 2.39. The van der Waals surface area contributed by atoms with E-state index in [9.17, 15) is 4.79 Å². The maximum Gasteiger partial charge on any atom is 0.308 e. The van der Waals surface area contributed by atoms with Gasteiger partial charge in [0.05, 0.1) is 17.4 Å². The Morgan fingerprint density at radius 2 is 2.38 bits per heavy atom. The summed E-state index contributed by atoms with van der Waals surface area (Å²) in [6.07, 6.45) is 0.105. The van der Waals surface area contributed by atoms with Crippen molar-refractivity contribution in [3.05, 3.63) is 15.6 Å². The van der Waals surface area contributed by atoms with Crippen LogP contribution in [0.2, 0.25) is 0 Å². The average molecular weight is 275 g/mol. The zero-order valence-electron chi connectivity index (χ0n) is 8.93. The van der Waals surface area contributed by atoms with Crippen LogP contribution in [0.1, 0.15) is 20.8 Å². The van der Waals surface area contributed by atoms with Crippen molar-refractivity contribution < 1.29 is 9.90 Å². The Morgan fingerprint density at radius 1 is 1.56 bits per heavy atom. The topological polar surface area (TPSA) is 50.2 Å². The van der Waals surface area contributed by atoms with Gasteiger partial charge in [0.1, 0.15) is 5.01 Å². The number of hydrogen-bond donors (Lipinski definition) is 1. The van der Waals surface area contributed by atoms with Crippen LogP contribution in [0, 0.1) is 6.92 Å². The van der Waals surface area contributed by atoms with Crippen molar-refractivity contribution in [2.75, 3.05) is 17.3 Å². The number of carbonyl (C=O) groups is 1. The van der Waals surface area contributed by atoms with E-state index >= 15 is 0 Å². The predicted octanol–water partition coefficient (Wildman–Crippen LogP) is 2.60. The SMILES string of the molecule is Cc1nc(C2CSCCS2)sc1CC(=O)O. The molecular formula is C10H13NO2S3. The summed E-state index contributed by atoms with van der Waals surface area (Å²) in [4.78, 5) is 16.1. The van der Waals surface area contributed by atoms with Crippen LogP contribution < -0.4 is 0 Å². The molecule has 1 N–H and O–H groups in total. The van der Waals surface area contributed by atoms with Crippen LogP contribution in [0.25, 0.3) is 0 Å². The fourth-order valence-corrected chi connectivity index (χ4v) is 5.56. The van der Waals surface area contributed by atoms with Gasteiger partial charge in [-0.15, -0.1) is 23.1 Å². The van der Waals surface area contributed by atoms with Crippen molar-refractivity contribution in [2.24, 2.45) is 0 Å². The van der Waals surface area contributed by atoms with Gasteiger partial charge in [-0.05, 0) is 6.92 Å². The van der Waals surface area contributed by atoms with Crippen LogP contribution in [0.3, 0.4) is 0 Å². The number of aryl methyl sites for hydroxylation is 1. The van der Waals surface area contributed by atoms with Crippen molar-refractivity contribution >= 4 is 40.8 Å². The third-order valence-electron chi connectivity index (χ3n) is 2.31. The summed E-state index contributed by atoms with van der Waals surface area (Å²) in [6, 6.07) is 0. The molecule has 0 saturated carbocycles. The minimum absolute atomic E-state index is 0.105. The highest BCUT2D eigenvalue weighted by molar-refractivity contribution is 8.06. The summed E-state index contributed by atoms with van der Waals surface area (Å²) in [5.41, 5.74) is 0.888. The molecule has 0 aromatic carbocycles. The van der Waals surface area contributed by atoms with Crippen molar-refractivity contribution in [2.45, 2.75) is 18.6 Å². The van der Waals surface area contributed by atoms with Gasteiger partial charge in [-0.1, -0.05) is 0 Å². The third kappa shape index (κ3) is 2.93. The van der Waals surface area contributed by atoms with Crippen LogP contribution in [-0.4, -0.2) is 33.3 Å². The Kier molecular flexibility index (Phi) is 4.16. The third-order valence-corrected chi connectivity index (χ3v) is 6.50. The number of carboxylic acids is 1. The van der Waals surface area contributed by atoms with Crippen LogP contribution >= 0.6 is 34.9 Å². The highest BCUT2D eigenvalue weighted by atomic mass is 32.2. The second kappa shape index (κ2) is 5.42. The minimum Gasteiger partial charge on any atom is -0.481 e. The summed E-state index contributed by atoms with van der Waals surface area (Å²) in [6.45, 7) is 1.90. The molecule has 0 bridgehead atoms. The number of carboxylic acid groups (broad SMARTS) is 1. The van der Waals surface area contributed by atoms with E-state index in [4.69, 9.17) is 5.11 Å². The lowest BCUT2D eigenvalue weighted by molar-refractivity contribution is -0.136. The normalized spacial score (nSPS) is 20.9. The van der Waals surface area contributed by atoms with E-state index in [0.29, 0.717) is 5.25 Å². The Labute approximate surface area is 107 Å². The first-order valence-electron chi connectivity index (χ1n) is 5.04. The highest BCUT2D eigenvalue weighted by Gasteiger charge is 2.21. The Bertz CT molecular complexity index is 385. The molecule has 1 aliphatic rings. The molecule has 1 aromatic heterocycles. The molecule has 0 radical (unpaired) electrons. The Balaban J connectivity index is 2.12. The molecule has 2 heterocycles. The summed E-state index contributed by atoms with van der Waals surface area (Å²) >= 11 is 5.46.